The smallest absolute Gasteiger partial charge is 0.158 e. The Hall–Kier alpha value is -1.97. The van der Waals surface area contributed by atoms with Gasteiger partial charge in [0.25, 0.3) is 0 Å². The second-order valence-electron chi connectivity index (χ2n) is 4.06. The molecule has 0 radical (unpaired) electrons. The van der Waals surface area contributed by atoms with E-state index in [1.165, 1.54) is 12.1 Å². The minimum Gasteiger partial charge on any atom is -0.297 e. The molecule has 0 spiro atoms. The highest BCUT2D eigenvalue weighted by molar-refractivity contribution is 5.80. The fourth-order valence-corrected chi connectivity index (χ4v) is 1.62. The third-order valence-corrected chi connectivity index (χ3v) is 2.42. The largest absolute Gasteiger partial charge is 0.297 e. The molecule has 0 aliphatic carbocycles. The van der Waals surface area contributed by atoms with Crippen LogP contribution < -0.4 is 0 Å². The van der Waals surface area contributed by atoms with Crippen molar-refractivity contribution >= 4 is 5.78 Å². The molecule has 1 heterocycles. The average Bonchev–Trinajstić information content (AvgIpc) is 2.67. The highest BCUT2D eigenvalue weighted by atomic mass is 19.1. The minimum atomic E-state index is -0.288. The molecule has 1 aromatic carbocycles. The van der Waals surface area contributed by atoms with E-state index >= 15 is 0 Å². The summed E-state index contributed by atoms with van der Waals surface area (Å²) in [7, 11) is 0. The van der Waals surface area contributed by atoms with Gasteiger partial charge in [-0.1, -0.05) is 12.1 Å². The fraction of sp³-hybridized carbons (Fsp3) is 0.231. The molecule has 0 amide bonds. The lowest BCUT2D eigenvalue weighted by Gasteiger charge is -2.01. The van der Waals surface area contributed by atoms with Gasteiger partial charge in [-0.15, -0.1) is 0 Å². The van der Waals surface area contributed by atoms with Crippen LogP contribution in [-0.2, 0) is 17.8 Å². The van der Waals surface area contributed by atoms with Crippen LogP contribution in [0.4, 0.5) is 4.39 Å². The van der Waals surface area contributed by atoms with Crippen molar-refractivity contribution in [3.05, 3.63) is 53.6 Å². The summed E-state index contributed by atoms with van der Waals surface area (Å²) in [5.41, 5.74) is 1.85. The number of Topliss-reactive ketones (excluding diaryl/α,β-unsaturated/α-hetero) is 1. The Balaban J connectivity index is 1.95. The van der Waals surface area contributed by atoms with E-state index < -0.39 is 0 Å². The highest BCUT2D eigenvalue weighted by Crippen LogP contribution is 2.05. The molecule has 0 aliphatic heterocycles. The molecular weight excluding hydrogens is 219 g/mol. The zero-order valence-electron chi connectivity index (χ0n) is 9.56. The molecule has 1 aromatic heterocycles. The Morgan fingerprint density at radius 2 is 2.06 bits per heavy atom. The van der Waals surface area contributed by atoms with Crippen molar-refractivity contribution < 1.29 is 9.18 Å². The van der Waals surface area contributed by atoms with Gasteiger partial charge >= 0.3 is 0 Å². The number of carbonyl (C=O) groups is 1. The van der Waals surface area contributed by atoms with Gasteiger partial charge in [-0.3, -0.25) is 9.48 Å². The van der Waals surface area contributed by atoms with Gasteiger partial charge in [-0.05, 0) is 30.2 Å². The summed E-state index contributed by atoms with van der Waals surface area (Å²) < 4.78 is 14.3. The number of hydrogen-bond donors (Lipinski definition) is 0. The molecule has 0 unspecified atom stereocenters. The maximum Gasteiger partial charge on any atom is 0.158 e. The lowest BCUT2D eigenvalue weighted by atomic mass is 10.1. The molecule has 0 bridgehead atoms. The zero-order chi connectivity index (χ0) is 12.3. The number of halogens is 1. The van der Waals surface area contributed by atoms with E-state index in [9.17, 15) is 9.18 Å². The Kier molecular flexibility index (Phi) is 3.32. The lowest BCUT2D eigenvalue weighted by molar-refractivity contribution is -0.119. The van der Waals surface area contributed by atoms with Gasteiger partial charge in [0, 0.05) is 12.6 Å². The number of rotatable bonds is 4. The van der Waals surface area contributed by atoms with Gasteiger partial charge in [0.15, 0.2) is 5.78 Å². The first-order valence-corrected chi connectivity index (χ1v) is 5.39. The molecule has 2 aromatic rings. The first-order chi connectivity index (χ1) is 8.13. The van der Waals surface area contributed by atoms with E-state index in [0.29, 0.717) is 6.42 Å². The summed E-state index contributed by atoms with van der Waals surface area (Å²) in [5, 5.41) is 4.05. The molecule has 0 fully saturated rings. The van der Waals surface area contributed by atoms with E-state index in [1.807, 2.05) is 13.1 Å². The average molecular weight is 232 g/mol. The zero-order valence-corrected chi connectivity index (χ0v) is 9.56. The fourth-order valence-electron chi connectivity index (χ4n) is 1.62. The number of carbonyl (C=O) groups excluding carboxylic acids is 1. The van der Waals surface area contributed by atoms with Gasteiger partial charge in [0.2, 0.25) is 0 Å². The van der Waals surface area contributed by atoms with Crippen LogP contribution in [0.15, 0.2) is 36.7 Å². The van der Waals surface area contributed by atoms with Crippen LogP contribution in [0.25, 0.3) is 0 Å². The van der Waals surface area contributed by atoms with Gasteiger partial charge in [0.1, 0.15) is 5.82 Å². The van der Waals surface area contributed by atoms with E-state index in [4.69, 9.17) is 0 Å². The van der Waals surface area contributed by atoms with Crippen LogP contribution in [-0.4, -0.2) is 15.6 Å². The van der Waals surface area contributed by atoms with E-state index in [1.54, 1.807) is 23.0 Å². The van der Waals surface area contributed by atoms with E-state index in [2.05, 4.69) is 5.10 Å². The standard InChI is InChI=1S/C13H13FN2O/c1-10-7-15-16(8-10)9-13(17)6-11-2-4-12(14)5-3-11/h2-5,7-8H,6,9H2,1H3. The summed E-state index contributed by atoms with van der Waals surface area (Å²) in [5.74, 6) is -0.233. The van der Waals surface area contributed by atoms with E-state index in [0.717, 1.165) is 11.1 Å². The Labute approximate surface area is 98.9 Å². The molecule has 0 saturated carbocycles. The van der Waals surface area contributed by atoms with Gasteiger partial charge in [-0.2, -0.15) is 5.10 Å². The summed E-state index contributed by atoms with van der Waals surface area (Å²) in [6.07, 6.45) is 3.84. The molecule has 0 N–H and O–H groups in total. The molecule has 0 saturated heterocycles. The third-order valence-electron chi connectivity index (χ3n) is 2.42. The van der Waals surface area contributed by atoms with Crippen LogP contribution in [0, 0.1) is 12.7 Å². The minimum absolute atomic E-state index is 0.0553. The summed E-state index contributed by atoms with van der Waals surface area (Å²) in [6, 6.07) is 5.98. The predicted octanol–water partition coefficient (Wildman–Crippen LogP) is 2.14. The van der Waals surface area contributed by atoms with Gasteiger partial charge in [0.05, 0.1) is 12.7 Å². The van der Waals surface area contributed by atoms with Crippen LogP contribution >= 0.6 is 0 Å². The maximum atomic E-state index is 12.7. The summed E-state index contributed by atoms with van der Waals surface area (Å²) >= 11 is 0. The number of hydrogen-bond acceptors (Lipinski definition) is 2. The number of aromatic nitrogens is 2. The number of aryl methyl sites for hydroxylation is 1. The van der Waals surface area contributed by atoms with Crippen molar-refractivity contribution in [1.82, 2.24) is 9.78 Å². The Morgan fingerprint density at radius 3 is 2.65 bits per heavy atom. The van der Waals surface area contributed by atoms with Crippen molar-refractivity contribution in [2.75, 3.05) is 0 Å². The van der Waals surface area contributed by atoms with Crippen molar-refractivity contribution in [2.45, 2.75) is 19.9 Å². The van der Waals surface area contributed by atoms with Crippen molar-refractivity contribution in [3.8, 4) is 0 Å². The number of ketones is 1. The number of benzene rings is 1. The maximum absolute atomic E-state index is 12.7. The van der Waals surface area contributed by atoms with Gasteiger partial charge in [-0.25, -0.2) is 4.39 Å². The van der Waals surface area contributed by atoms with Crippen molar-refractivity contribution in [3.63, 3.8) is 0 Å². The van der Waals surface area contributed by atoms with Crippen LogP contribution in [0.3, 0.4) is 0 Å². The molecule has 0 atom stereocenters. The van der Waals surface area contributed by atoms with Crippen LogP contribution in [0.1, 0.15) is 11.1 Å². The monoisotopic (exact) mass is 232 g/mol. The highest BCUT2D eigenvalue weighted by Gasteiger charge is 2.05. The topological polar surface area (TPSA) is 34.9 Å². The second kappa shape index (κ2) is 4.91. The molecule has 17 heavy (non-hydrogen) atoms. The van der Waals surface area contributed by atoms with Gasteiger partial charge < -0.3 is 0 Å². The molecule has 2 rings (SSSR count). The SMILES string of the molecule is Cc1cnn(CC(=O)Cc2ccc(F)cc2)c1. The Bertz CT molecular complexity index is 516. The molecular formula is C13H13FN2O. The molecule has 88 valence electrons. The first kappa shape index (κ1) is 11.5. The lowest BCUT2D eigenvalue weighted by Crippen LogP contribution is -2.12. The van der Waals surface area contributed by atoms with E-state index in [-0.39, 0.29) is 18.1 Å². The first-order valence-electron chi connectivity index (χ1n) is 5.39. The predicted molar refractivity (Wildman–Crippen MR) is 62.1 cm³/mol. The van der Waals surface area contributed by atoms with Crippen LogP contribution in [0.5, 0.6) is 0 Å². The number of nitrogens with zero attached hydrogens (tertiary/aromatic N) is 2. The molecule has 4 heteroatoms. The van der Waals surface area contributed by atoms with Crippen molar-refractivity contribution in [1.29, 1.82) is 0 Å². The summed E-state index contributed by atoms with van der Waals surface area (Å²) in [4.78, 5) is 11.7. The van der Waals surface area contributed by atoms with Crippen LogP contribution in [0.2, 0.25) is 0 Å². The second-order valence-corrected chi connectivity index (χ2v) is 4.06. The van der Waals surface area contributed by atoms with Crippen molar-refractivity contribution in [2.24, 2.45) is 0 Å². The molecule has 3 nitrogen and oxygen atoms in total. The quantitative estimate of drug-likeness (QED) is 0.809. The normalized spacial score (nSPS) is 10.5. The molecule has 0 aliphatic rings. The Morgan fingerprint density at radius 1 is 1.35 bits per heavy atom. The third kappa shape index (κ3) is 3.24. The summed E-state index contributed by atoms with van der Waals surface area (Å²) in [6.45, 7) is 2.18.